The minimum Gasteiger partial charge on any atom is -0.415 e. The van der Waals surface area contributed by atoms with Crippen LogP contribution < -0.4 is 5.73 Å². The van der Waals surface area contributed by atoms with Gasteiger partial charge in [0.2, 0.25) is 0 Å². The van der Waals surface area contributed by atoms with Crippen LogP contribution in [0, 0.1) is 6.92 Å². The molecule has 0 heterocycles. The summed E-state index contributed by atoms with van der Waals surface area (Å²) < 4.78 is 0.0833. The number of unbranched alkanes of at least 4 members (excludes halogenated alkanes) is 15. The first-order valence-electron chi connectivity index (χ1n) is 9.40. The summed E-state index contributed by atoms with van der Waals surface area (Å²) in [5.74, 6) is 0. The minimum absolute atomic E-state index is 0. The third-order valence-electron chi connectivity index (χ3n) is 3.85. The fourth-order valence-electron chi connectivity index (χ4n) is 2.55. The molecular weight excluding hydrogens is 372 g/mol. The van der Waals surface area contributed by atoms with E-state index in [0.717, 1.165) is 6.42 Å². The van der Waals surface area contributed by atoms with E-state index in [4.69, 9.17) is 0 Å². The molecule has 0 aliphatic rings. The Bertz CT molecular complexity index is 194. The molecule has 0 aromatic carbocycles. The maximum Gasteiger partial charge on any atom is 2.00 e. The molecule has 0 fully saturated rings. The van der Waals surface area contributed by atoms with Gasteiger partial charge in [-0.2, -0.15) is 6.42 Å². The van der Waals surface area contributed by atoms with Gasteiger partial charge in [0.1, 0.15) is 0 Å². The quantitative estimate of drug-likeness (QED) is 0.105. The summed E-state index contributed by atoms with van der Waals surface area (Å²) in [5, 5.41) is 0. The number of hydrogen-bond donors (Lipinski definition) is 1. The number of thiocarbonyl (C=S) groups is 1. The fraction of sp³-hybridized carbons (Fsp3) is 0.895. The van der Waals surface area contributed by atoms with Gasteiger partial charge in [0, 0.05) is 0 Å². The van der Waals surface area contributed by atoms with Crippen molar-refractivity contribution in [3.05, 3.63) is 6.92 Å². The van der Waals surface area contributed by atoms with Crippen LogP contribution in [0.2, 0.25) is 0 Å². The van der Waals surface area contributed by atoms with Gasteiger partial charge in [0.15, 0.2) is 0 Å². The van der Waals surface area contributed by atoms with E-state index in [1.807, 2.05) is 0 Å². The van der Waals surface area contributed by atoms with Crippen LogP contribution >= 0.6 is 12.2 Å². The molecule has 0 unspecified atom stereocenters. The summed E-state index contributed by atoms with van der Waals surface area (Å²) in [7, 11) is 0. The molecule has 0 bridgehead atoms. The molecule has 0 saturated carbocycles. The van der Waals surface area contributed by atoms with Gasteiger partial charge in [-0.1, -0.05) is 108 Å². The number of hydrogen-bond acceptors (Lipinski definition) is 2. The summed E-state index contributed by atoms with van der Waals surface area (Å²) in [6, 6.07) is 0. The van der Waals surface area contributed by atoms with Crippen LogP contribution in [0.4, 0.5) is 0 Å². The summed E-state index contributed by atoms with van der Waals surface area (Å²) >= 11 is 8.26. The van der Waals surface area contributed by atoms with Crippen molar-refractivity contribution in [1.82, 2.24) is 0 Å². The van der Waals surface area contributed by atoms with E-state index >= 15 is 0 Å². The third kappa shape index (κ3) is 39.5. The molecule has 134 valence electrons. The molecule has 0 aromatic rings. The van der Waals surface area contributed by atoms with Crippen LogP contribution in [0.3, 0.4) is 0 Å². The molecular formula is C19H39NS2Zn. The van der Waals surface area contributed by atoms with Gasteiger partial charge < -0.3 is 37.5 Å². The smallest absolute Gasteiger partial charge is 0.415 e. The van der Waals surface area contributed by atoms with Crippen molar-refractivity contribution in [1.29, 1.82) is 0 Å². The van der Waals surface area contributed by atoms with Crippen molar-refractivity contribution >= 4 is 29.2 Å². The Balaban J connectivity index is -0.000000712. The summed E-state index contributed by atoms with van der Waals surface area (Å²) in [4.78, 5) is 0. The molecule has 4 heteroatoms. The van der Waals surface area contributed by atoms with Crippen molar-refractivity contribution in [2.24, 2.45) is 5.73 Å². The molecule has 1 nitrogen and oxygen atoms in total. The van der Waals surface area contributed by atoms with Crippen molar-refractivity contribution in [3.63, 3.8) is 0 Å². The van der Waals surface area contributed by atoms with Crippen molar-refractivity contribution < 1.29 is 19.5 Å². The SMILES string of the molecule is NC(=S)[S-].[CH2-]CCCCCCCCCCCCCCCCC.[Zn+2]. The van der Waals surface area contributed by atoms with Crippen LogP contribution in [0.25, 0.3) is 0 Å². The van der Waals surface area contributed by atoms with E-state index in [-0.39, 0.29) is 23.8 Å². The second kappa shape index (κ2) is 27.6. The first kappa shape index (κ1) is 28.5. The van der Waals surface area contributed by atoms with Crippen molar-refractivity contribution in [2.45, 2.75) is 110 Å². The molecule has 0 aromatic heterocycles. The maximum atomic E-state index is 4.66. The molecule has 0 aliphatic heterocycles. The third-order valence-corrected chi connectivity index (χ3v) is 3.85. The van der Waals surface area contributed by atoms with E-state index in [9.17, 15) is 0 Å². The van der Waals surface area contributed by atoms with Gasteiger partial charge in [-0.05, 0) is 0 Å². The van der Waals surface area contributed by atoms with E-state index in [0.29, 0.717) is 0 Å². The second-order valence-corrected chi connectivity index (χ2v) is 7.26. The average molecular weight is 411 g/mol. The maximum absolute atomic E-state index is 4.66. The monoisotopic (exact) mass is 409 g/mol. The largest absolute Gasteiger partial charge is 2.00 e. The van der Waals surface area contributed by atoms with Crippen LogP contribution in [0.1, 0.15) is 110 Å². The Morgan fingerprint density at radius 3 is 1.17 bits per heavy atom. The zero-order valence-electron chi connectivity index (χ0n) is 15.6. The Hall–Kier alpha value is 0.733. The summed E-state index contributed by atoms with van der Waals surface area (Å²) in [6.07, 6.45) is 22.8. The van der Waals surface area contributed by atoms with Gasteiger partial charge in [-0.3, -0.25) is 0 Å². The van der Waals surface area contributed by atoms with Gasteiger partial charge in [-0.25, -0.2) is 0 Å². The zero-order chi connectivity index (χ0) is 16.9. The molecule has 0 aliphatic carbocycles. The molecule has 0 saturated heterocycles. The predicted octanol–water partition coefficient (Wildman–Crippen LogP) is 6.86. The first-order valence-corrected chi connectivity index (χ1v) is 10.2. The van der Waals surface area contributed by atoms with E-state index in [1.165, 1.54) is 96.3 Å². The Labute approximate surface area is 170 Å². The average Bonchev–Trinajstić information content (AvgIpc) is 2.47. The van der Waals surface area contributed by atoms with Gasteiger partial charge in [-0.15, -0.1) is 0 Å². The Morgan fingerprint density at radius 2 is 0.957 bits per heavy atom. The zero-order valence-corrected chi connectivity index (χ0v) is 20.2. The Kier molecular flexibility index (Phi) is 34.2. The van der Waals surface area contributed by atoms with Crippen molar-refractivity contribution in [2.75, 3.05) is 0 Å². The fourth-order valence-corrected chi connectivity index (χ4v) is 2.55. The van der Waals surface area contributed by atoms with E-state index < -0.39 is 0 Å². The van der Waals surface area contributed by atoms with Crippen LogP contribution in [0.15, 0.2) is 0 Å². The number of nitrogens with two attached hydrogens (primary N) is 1. The Morgan fingerprint density at radius 1 is 0.739 bits per heavy atom. The molecule has 23 heavy (non-hydrogen) atoms. The van der Waals surface area contributed by atoms with Crippen LogP contribution in [-0.2, 0) is 32.1 Å². The first-order chi connectivity index (χ1) is 10.6. The molecule has 0 radical (unpaired) electrons. The van der Waals surface area contributed by atoms with E-state index in [1.54, 1.807) is 0 Å². The predicted molar refractivity (Wildman–Crippen MR) is 109 cm³/mol. The molecule has 0 rings (SSSR count). The molecule has 2 N–H and O–H groups in total. The molecule has 0 amide bonds. The standard InChI is InChI=1S/C18H37.CH3NS2.Zn/c1-3-5-7-9-11-13-15-17-18-16-14-12-10-8-6-4-2;2-1(3)4;/h1,3-18H2,2H3;(H3,2,3,4);/q-1;;+2/p-1. The van der Waals surface area contributed by atoms with Gasteiger partial charge in [0.25, 0.3) is 0 Å². The normalized spacial score (nSPS) is 9.65. The second-order valence-electron chi connectivity index (χ2n) is 6.12. The van der Waals surface area contributed by atoms with Crippen molar-refractivity contribution in [3.8, 4) is 0 Å². The summed E-state index contributed by atoms with van der Waals surface area (Å²) in [6.45, 7) is 6.18. The van der Waals surface area contributed by atoms with Crippen LogP contribution in [0.5, 0.6) is 0 Å². The van der Waals surface area contributed by atoms with Gasteiger partial charge in [0.05, 0.1) is 0 Å². The van der Waals surface area contributed by atoms with Gasteiger partial charge >= 0.3 is 19.5 Å². The topological polar surface area (TPSA) is 26.0 Å². The van der Waals surface area contributed by atoms with E-state index in [2.05, 4.69) is 44.4 Å². The summed E-state index contributed by atoms with van der Waals surface area (Å²) in [5.41, 5.74) is 4.66. The minimum atomic E-state index is 0. The molecule has 0 atom stereocenters. The number of rotatable bonds is 15. The van der Waals surface area contributed by atoms with Crippen LogP contribution in [-0.4, -0.2) is 4.32 Å². The molecule has 0 spiro atoms.